The Balaban J connectivity index is 3.12. The highest BCUT2D eigenvalue weighted by Gasteiger charge is 2.32. The molecule has 0 aliphatic carbocycles. The zero-order valence-corrected chi connectivity index (χ0v) is 12.3. The van der Waals surface area contributed by atoms with Crippen molar-refractivity contribution in [2.75, 3.05) is 32.2 Å². The van der Waals surface area contributed by atoms with Gasteiger partial charge in [0.25, 0.3) is 0 Å². The number of anilines is 1. The van der Waals surface area contributed by atoms with E-state index < -0.39 is 0 Å². The quantitative estimate of drug-likeness (QED) is 0.843. The van der Waals surface area contributed by atoms with Crippen LogP contribution in [0.2, 0.25) is 0 Å². The summed E-state index contributed by atoms with van der Waals surface area (Å²) < 4.78 is 5.37. The molecule has 0 aliphatic rings. The molecule has 2 N–H and O–H groups in total. The predicted molar refractivity (Wildman–Crippen MR) is 78.3 cm³/mol. The molecule has 0 bridgehead atoms. The summed E-state index contributed by atoms with van der Waals surface area (Å²) in [5.41, 5.74) is 9.66. The Morgan fingerprint density at radius 3 is 2.44 bits per heavy atom. The summed E-state index contributed by atoms with van der Waals surface area (Å²) in [5.74, 6) is 0. The van der Waals surface area contributed by atoms with E-state index in [1.165, 1.54) is 16.8 Å². The maximum Gasteiger partial charge on any atom is 0.0750 e. The van der Waals surface area contributed by atoms with Gasteiger partial charge in [-0.2, -0.15) is 0 Å². The van der Waals surface area contributed by atoms with Crippen molar-refractivity contribution in [1.29, 1.82) is 0 Å². The first kappa shape index (κ1) is 15.0. The second kappa shape index (κ2) is 6.21. The van der Waals surface area contributed by atoms with Crippen LogP contribution >= 0.6 is 0 Å². The highest BCUT2D eigenvalue weighted by molar-refractivity contribution is 5.56. The van der Waals surface area contributed by atoms with Crippen LogP contribution in [-0.4, -0.2) is 32.8 Å². The van der Waals surface area contributed by atoms with Gasteiger partial charge in [0.15, 0.2) is 0 Å². The second-order valence-corrected chi connectivity index (χ2v) is 5.06. The maximum atomic E-state index is 6.00. The van der Waals surface area contributed by atoms with Gasteiger partial charge >= 0.3 is 0 Å². The van der Waals surface area contributed by atoms with Crippen LogP contribution in [0.4, 0.5) is 5.69 Å². The van der Waals surface area contributed by atoms with Gasteiger partial charge in [0.2, 0.25) is 0 Å². The molecule has 3 heteroatoms. The largest absolute Gasteiger partial charge is 0.382 e. The zero-order chi connectivity index (χ0) is 13.8. The molecule has 102 valence electrons. The minimum Gasteiger partial charge on any atom is -0.382 e. The number of hydrogen-bond acceptors (Lipinski definition) is 3. The Morgan fingerprint density at radius 1 is 1.33 bits per heavy atom. The van der Waals surface area contributed by atoms with E-state index in [0.29, 0.717) is 13.2 Å². The van der Waals surface area contributed by atoms with Gasteiger partial charge in [-0.3, -0.25) is 0 Å². The number of methoxy groups -OCH3 is 1. The van der Waals surface area contributed by atoms with Crippen molar-refractivity contribution in [2.24, 2.45) is 5.73 Å². The monoisotopic (exact) mass is 250 g/mol. The Hall–Kier alpha value is -1.06. The summed E-state index contributed by atoms with van der Waals surface area (Å²) in [6, 6.07) is 6.51. The standard InChI is InChI=1S/C15H26N2O/c1-6-15(10-16,11-18-5)17(4)14-8-7-12(2)9-13(14)3/h7-9H,6,10-11,16H2,1-5H3. The van der Waals surface area contributed by atoms with Gasteiger partial charge in [0, 0.05) is 26.4 Å². The molecule has 0 saturated carbocycles. The Labute approximate surface area is 111 Å². The van der Waals surface area contributed by atoms with Gasteiger partial charge in [-0.25, -0.2) is 0 Å². The van der Waals surface area contributed by atoms with Gasteiger partial charge < -0.3 is 15.4 Å². The van der Waals surface area contributed by atoms with Gasteiger partial charge in [0.1, 0.15) is 0 Å². The van der Waals surface area contributed by atoms with Crippen LogP contribution in [0.3, 0.4) is 0 Å². The first-order valence-corrected chi connectivity index (χ1v) is 6.51. The third-order valence-corrected chi connectivity index (χ3v) is 3.88. The molecule has 0 spiro atoms. The predicted octanol–water partition coefficient (Wildman–Crippen LogP) is 2.49. The van der Waals surface area contributed by atoms with Crippen LogP contribution in [0.5, 0.6) is 0 Å². The van der Waals surface area contributed by atoms with Crippen molar-refractivity contribution in [2.45, 2.75) is 32.7 Å². The molecule has 1 aromatic rings. The summed E-state index contributed by atoms with van der Waals surface area (Å²) in [6.45, 7) is 7.64. The average molecular weight is 250 g/mol. The summed E-state index contributed by atoms with van der Waals surface area (Å²) >= 11 is 0. The second-order valence-electron chi connectivity index (χ2n) is 5.06. The molecule has 1 atom stereocenters. The first-order chi connectivity index (χ1) is 8.50. The van der Waals surface area contributed by atoms with Gasteiger partial charge in [0.05, 0.1) is 12.1 Å². The molecule has 0 radical (unpaired) electrons. The van der Waals surface area contributed by atoms with Crippen LogP contribution in [-0.2, 0) is 4.74 Å². The fourth-order valence-electron chi connectivity index (χ4n) is 2.48. The number of nitrogens with zero attached hydrogens (tertiary/aromatic N) is 1. The molecule has 1 rings (SSSR count). The smallest absolute Gasteiger partial charge is 0.0750 e. The van der Waals surface area contributed by atoms with E-state index in [2.05, 4.69) is 50.9 Å². The van der Waals surface area contributed by atoms with Crippen LogP contribution < -0.4 is 10.6 Å². The number of rotatable bonds is 6. The van der Waals surface area contributed by atoms with E-state index in [-0.39, 0.29) is 5.54 Å². The lowest BCUT2D eigenvalue weighted by Gasteiger charge is -2.42. The van der Waals surface area contributed by atoms with Crippen molar-refractivity contribution < 1.29 is 4.74 Å². The van der Waals surface area contributed by atoms with Crippen LogP contribution in [0, 0.1) is 13.8 Å². The molecule has 0 fully saturated rings. The number of likely N-dealkylation sites (N-methyl/N-ethyl adjacent to an activating group) is 1. The van der Waals surface area contributed by atoms with Crippen molar-refractivity contribution >= 4 is 5.69 Å². The number of ether oxygens (including phenoxy) is 1. The Kier molecular flexibility index (Phi) is 5.17. The molecule has 0 aromatic heterocycles. The van der Waals surface area contributed by atoms with E-state index in [1.54, 1.807) is 7.11 Å². The van der Waals surface area contributed by atoms with Gasteiger partial charge in [-0.1, -0.05) is 24.6 Å². The van der Waals surface area contributed by atoms with E-state index in [0.717, 1.165) is 6.42 Å². The fourth-order valence-corrected chi connectivity index (χ4v) is 2.48. The van der Waals surface area contributed by atoms with Crippen molar-refractivity contribution in [3.8, 4) is 0 Å². The molecule has 1 aromatic carbocycles. The molecule has 0 aliphatic heterocycles. The summed E-state index contributed by atoms with van der Waals surface area (Å²) in [6.07, 6.45) is 0.959. The number of hydrogen-bond donors (Lipinski definition) is 1. The minimum atomic E-state index is -0.130. The number of nitrogens with two attached hydrogens (primary N) is 1. The lowest BCUT2D eigenvalue weighted by Crippen LogP contribution is -2.55. The normalized spacial score (nSPS) is 14.3. The lowest BCUT2D eigenvalue weighted by atomic mass is 9.93. The van der Waals surface area contributed by atoms with Crippen molar-refractivity contribution in [1.82, 2.24) is 0 Å². The Bertz CT molecular complexity index is 386. The molecule has 18 heavy (non-hydrogen) atoms. The molecule has 0 heterocycles. The number of aryl methyl sites for hydroxylation is 2. The van der Waals surface area contributed by atoms with Gasteiger partial charge in [-0.05, 0) is 31.9 Å². The molecule has 3 nitrogen and oxygen atoms in total. The molecular formula is C15H26N2O. The van der Waals surface area contributed by atoms with E-state index in [4.69, 9.17) is 10.5 Å². The zero-order valence-electron chi connectivity index (χ0n) is 12.3. The number of benzene rings is 1. The molecule has 1 unspecified atom stereocenters. The Morgan fingerprint density at radius 2 is 2.00 bits per heavy atom. The highest BCUT2D eigenvalue weighted by atomic mass is 16.5. The fraction of sp³-hybridized carbons (Fsp3) is 0.600. The van der Waals surface area contributed by atoms with Crippen LogP contribution in [0.15, 0.2) is 18.2 Å². The first-order valence-electron chi connectivity index (χ1n) is 6.51. The van der Waals surface area contributed by atoms with Crippen molar-refractivity contribution in [3.05, 3.63) is 29.3 Å². The van der Waals surface area contributed by atoms with E-state index in [1.807, 2.05) is 0 Å². The lowest BCUT2D eigenvalue weighted by molar-refractivity contribution is 0.130. The SMILES string of the molecule is CCC(CN)(COC)N(C)c1ccc(C)cc1C. The van der Waals surface area contributed by atoms with Crippen LogP contribution in [0.1, 0.15) is 24.5 Å². The third kappa shape index (κ3) is 2.85. The molecule has 0 amide bonds. The molecular weight excluding hydrogens is 224 g/mol. The minimum absolute atomic E-state index is 0.130. The summed E-state index contributed by atoms with van der Waals surface area (Å²) in [4.78, 5) is 2.27. The van der Waals surface area contributed by atoms with Crippen molar-refractivity contribution in [3.63, 3.8) is 0 Å². The summed E-state index contributed by atoms with van der Waals surface area (Å²) in [5, 5.41) is 0. The van der Waals surface area contributed by atoms with Gasteiger partial charge in [-0.15, -0.1) is 0 Å². The van der Waals surface area contributed by atoms with E-state index >= 15 is 0 Å². The van der Waals surface area contributed by atoms with Crippen LogP contribution in [0.25, 0.3) is 0 Å². The topological polar surface area (TPSA) is 38.5 Å². The highest BCUT2D eigenvalue weighted by Crippen LogP contribution is 2.28. The van der Waals surface area contributed by atoms with E-state index in [9.17, 15) is 0 Å². The third-order valence-electron chi connectivity index (χ3n) is 3.88. The average Bonchev–Trinajstić information content (AvgIpc) is 2.35. The molecule has 0 saturated heterocycles. The summed E-state index contributed by atoms with van der Waals surface area (Å²) in [7, 11) is 3.84. The maximum absolute atomic E-state index is 6.00.